The van der Waals surface area contributed by atoms with Gasteiger partial charge >= 0.3 is 24.3 Å². The van der Waals surface area contributed by atoms with Crippen LogP contribution < -0.4 is 0 Å². The van der Waals surface area contributed by atoms with E-state index in [1.165, 1.54) is 12.8 Å². The van der Waals surface area contributed by atoms with Gasteiger partial charge in [0.2, 0.25) is 0 Å². The zero-order valence-electron chi connectivity index (χ0n) is 20.6. The van der Waals surface area contributed by atoms with Crippen molar-refractivity contribution in [2.75, 3.05) is 26.3 Å². The first kappa shape index (κ1) is 32.0. The Morgan fingerprint density at radius 2 is 1.67 bits per heavy atom. The van der Waals surface area contributed by atoms with Gasteiger partial charge in [-0.3, -0.25) is 9.88 Å². The summed E-state index contributed by atoms with van der Waals surface area (Å²) in [5.41, 5.74) is 1.46. The molecule has 2 aromatic rings. The maximum absolute atomic E-state index is 10.6. The number of ether oxygens (including phenoxy) is 2. The molecule has 15 heteroatoms. The topological polar surface area (TPSA) is 122 Å². The predicted octanol–water partition coefficient (Wildman–Crippen LogP) is 4.53. The normalized spacial score (nSPS) is 19.0. The average Bonchev–Trinajstić information content (AvgIpc) is 3.51. The van der Waals surface area contributed by atoms with Crippen molar-refractivity contribution in [1.29, 1.82) is 0 Å². The van der Waals surface area contributed by atoms with Gasteiger partial charge in [-0.2, -0.15) is 26.3 Å². The number of piperidine rings is 1. The number of alkyl halides is 6. The number of furan rings is 1. The summed E-state index contributed by atoms with van der Waals surface area (Å²) in [6, 6.07) is 8.00. The molecule has 1 spiro atoms. The molecule has 39 heavy (non-hydrogen) atoms. The van der Waals surface area contributed by atoms with Crippen LogP contribution in [0.3, 0.4) is 0 Å². The van der Waals surface area contributed by atoms with Gasteiger partial charge in [-0.1, -0.05) is 6.07 Å². The zero-order chi connectivity index (χ0) is 29.1. The zero-order valence-corrected chi connectivity index (χ0v) is 20.6. The van der Waals surface area contributed by atoms with Crippen molar-refractivity contribution in [3.05, 3.63) is 54.2 Å². The summed E-state index contributed by atoms with van der Waals surface area (Å²) in [5, 5.41) is 14.2. The largest absolute Gasteiger partial charge is 0.490 e. The maximum atomic E-state index is 10.6. The Hall–Kier alpha value is -3.17. The molecule has 2 aromatic heterocycles. The van der Waals surface area contributed by atoms with Crippen LogP contribution in [-0.2, 0) is 32.2 Å². The van der Waals surface area contributed by atoms with E-state index in [1.54, 1.807) is 12.5 Å². The van der Waals surface area contributed by atoms with Crippen LogP contribution in [0.5, 0.6) is 0 Å². The van der Waals surface area contributed by atoms with Gasteiger partial charge in [0.15, 0.2) is 0 Å². The fourth-order valence-electron chi connectivity index (χ4n) is 3.95. The van der Waals surface area contributed by atoms with Gasteiger partial charge in [-0.05, 0) is 61.5 Å². The third-order valence-electron chi connectivity index (χ3n) is 5.94. The molecule has 2 aliphatic heterocycles. The number of rotatable bonds is 6. The lowest BCUT2D eigenvalue weighted by Gasteiger charge is -2.38. The number of carbonyl (C=O) groups is 2. The van der Waals surface area contributed by atoms with E-state index in [0.717, 1.165) is 44.0 Å². The van der Waals surface area contributed by atoms with Gasteiger partial charge in [-0.15, -0.1) is 0 Å². The summed E-state index contributed by atoms with van der Waals surface area (Å²) < 4.78 is 80.8. The Balaban J connectivity index is 0.000000317. The summed E-state index contributed by atoms with van der Waals surface area (Å²) >= 11 is 0. The maximum Gasteiger partial charge on any atom is 0.490 e. The Morgan fingerprint density at radius 1 is 1.05 bits per heavy atom. The first-order valence-electron chi connectivity index (χ1n) is 11.6. The molecule has 1 atom stereocenters. The Labute approximate surface area is 219 Å². The molecule has 2 N–H and O–H groups in total. The number of carboxylic acids is 2. The van der Waals surface area contributed by atoms with Crippen LogP contribution >= 0.6 is 0 Å². The Bertz CT molecular complexity index is 984. The SMILES string of the molecule is O=C(O)C(F)(F)F.O=C(O)C(F)(F)F.c1cncc(COCC2CC3(CCN(Cc4ccco4)CC3)CO2)c1. The van der Waals surface area contributed by atoms with E-state index in [4.69, 9.17) is 33.7 Å². The predicted molar refractivity (Wildman–Crippen MR) is 121 cm³/mol. The monoisotopic (exact) mass is 570 g/mol. The number of hydrogen-bond acceptors (Lipinski definition) is 7. The lowest BCUT2D eigenvalue weighted by molar-refractivity contribution is -0.193. The second kappa shape index (κ2) is 14.3. The van der Waals surface area contributed by atoms with Crippen molar-refractivity contribution >= 4 is 11.9 Å². The Kier molecular flexibility index (Phi) is 11.7. The van der Waals surface area contributed by atoms with Crippen LogP contribution in [0.25, 0.3) is 0 Å². The molecule has 2 saturated heterocycles. The minimum absolute atomic E-state index is 0.230. The molecular formula is C24H28F6N2O7. The molecule has 4 rings (SSSR count). The molecule has 218 valence electrons. The van der Waals surface area contributed by atoms with Gasteiger partial charge in [0.05, 0.1) is 38.7 Å². The first-order valence-corrected chi connectivity index (χ1v) is 11.6. The molecule has 0 saturated carbocycles. The smallest absolute Gasteiger partial charge is 0.475 e. The molecule has 4 heterocycles. The van der Waals surface area contributed by atoms with E-state index in [1.807, 2.05) is 24.4 Å². The number of aliphatic carboxylic acids is 2. The van der Waals surface area contributed by atoms with Crippen LogP contribution in [0.15, 0.2) is 47.3 Å². The van der Waals surface area contributed by atoms with Gasteiger partial charge < -0.3 is 24.1 Å². The highest BCUT2D eigenvalue weighted by Crippen LogP contribution is 2.42. The number of hydrogen-bond donors (Lipinski definition) is 2. The van der Waals surface area contributed by atoms with E-state index in [2.05, 4.69) is 16.0 Å². The van der Waals surface area contributed by atoms with Crippen molar-refractivity contribution in [1.82, 2.24) is 9.88 Å². The van der Waals surface area contributed by atoms with E-state index in [0.29, 0.717) is 18.6 Å². The highest BCUT2D eigenvalue weighted by molar-refractivity contribution is 5.73. The van der Waals surface area contributed by atoms with Crippen molar-refractivity contribution in [2.45, 2.75) is 50.9 Å². The summed E-state index contributed by atoms with van der Waals surface area (Å²) in [5.74, 6) is -4.46. The standard InChI is InChI=1S/C20H26N2O3.2C2HF3O2/c1-3-17(12-21-7-1)14-23-15-19-11-20(16-25-19)5-8-22(9-6-20)13-18-4-2-10-24-18;2*3-2(4,5)1(6)7/h1-4,7,10,12,19H,5-6,8-9,11,13-16H2;2*(H,6,7). The van der Waals surface area contributed by atoms with Crippen molar-refractivity contribution in [3.8, 4) is 0 Å². The molecule has 0 aliphatic carbocycles. The van der Waals surface area contributed by atoms with Gasteiger partial charge in [0.25, 0.3) is 0 Å². The fraction of sp³-hybridized carbons (Fsp3) is 0.542. The molecule has 9 nitrogen and oxygen atoms in total. The van der Waals surface area contributed by atoms with Crippen LogP contribution in [0.4, 0.5) is 26.3 Å². The highest BCUT2D eigenvalue weighted by Gasteiger charge is 2.42. The number of aromatic nitrogens is 1. The molecule has 0 radical (unpaired) electrons. The minimum Gasteiger partial charge on any atom is -0.475 e. The number of halogens is 6. The minimum atomic E-state index is -5.08. The first-order chi connectivity index (χ1) is 18.2. The molecule has 0 bridgehead atoms. The summed E-state index contributed by atoms with van der Waals surface area (Å²) in [6.45, 7) is 5.31. The second-order valence-electron chi connectivity index (χ2n) is 8.97. The molecule has 0 amide bonds. The lowest BCUT2D eigenvalue weighted by Crippen LogP contribution is -2.40. The summed E-state index contributed by atoms with van der Waals surface area (Å²) in [6.07, 6.45) is -1.03. The molecule has 2 fully saturated rings. The van der Waals surface area contributed by atoms with E-state index in [9.17, 15) is 26.3 Å². The van der Waals surface area contributed by atoms with Gasteiger partial charge in [0.1, 0.15) is 5.76 Å². The lowest BCUT2D eigenvalue weighted by atomic mass is 9.76. The number of carboxylic acid groups (broad SMARTS) is 2. The van der Waals surface area contributed by atoms with E-state index < -0.39 is 24.3 Å². The number of nitrogens with zero attached hydrogens (tertiary/aromatic N) is 2. The number of pyridine rings is 1. The Morgan fingerprint density at radius 3 is 2.15 bits per heavy atom. The third kappa shape index (κ3) is 11.6. The fourth-order valence-corrected chi connectivity index (χ4v) is 3.95. The van der Waals surface area contributed by atoms with Crippen molar-refractivity contribution < 1.29 is 60.0 Å². The quantitative estimate of drug-likeness (QED) is 0.483. The second-order valence-corrected chi connectivity index (χ2v) is 8.97. The van der Waals surface area contributed by atoms with E-state index >= 15 is 0 Å². The number of likely N-dealkylation sites (tertiary alicyclic amines) is 1. The molecule has 0 aromatic carbocycles. The van der Waals surface area contributed by atoms with E-state index in [-0.39, 0.29) is 6.10 Å². The molecule has 1 unspecified atom stereocenters. The molecule has 2 aliphatic rings. The van der Waals surface area contributed by atoms with Crippen LogP contribution in [0.2, 0.25) is 0 Å². The van der Waals surface area contributed by atoms with Crippen LogP contribution in [0, 0.1) is 5.41 Å². The highest BCUT2D eigenvalue weighted by atomic mass is 19.4. The third-order valence-corrected chi connectivity index (χ3v) is 5.94. The van der Waals surface area contributed by atoms with Crippen molar-refractivity contribution in [3.63, 3.8) is 0 Å². The summed E-state index contributed by atoms with van der Waals surface area (Å²) in [4.78, 5) is 24.4. The van der Waals surface area contributed by atoms with Gasteiger partial charge in [0, 0.05) is 12.4 Å². The molecular weight excluding hydrogens is 542 g/mol. The summed E-state index contributed by atoms with van der Waals surface area (Å²) in [7, 11) is 0. The van der Waals surface area contributed by atoms with Crippen LogP contribution in [0.1, 0.15) is 30.6 Å². The van der Waals surface area contributed by atoms with Crippen LogP contribution in [-0.4, -0.2) is 76.8 Å². The van der Waals surface area contributed by atoms with Gasteiger partial charge in [-0.25, -0.2) is 9.59 Å². The van der Waals surface area contributed by atoms with Crippen molar-refractivity contribution in [2.24, 2.45) is 5.41 Å². The average molecular weight is 570 g/mol.